The predicted octanol–water partition coefficient (Wildman–Crippen LogP) is 2.07. The standard InChI is InChI=1S/C10H11NO/c1-3-5-9(7-11)10(8-12)6-4-2/h3-4,11H,1-2,5-6H2/b10-9-,11-7?. The molecule has 62 valence electrons. The number of hydrogen-bond acceptors (Lipinski definition) is 2. The molecule has 0 aromatic rings. The van der Waals surface area contributed by atoms with Crippen molar-refractivity contribution in [1.29, 1.82) is 5.41 Å². The molecule has 12 heavy (non-hydrogen) atoms. The van der Waals surface area contributed by atoms with Crippen molar-refractivity contribution in [1.82, 2.24) is 0 Å². The molecule has 0 aliphatic carbocycles. The van der Waals surface area contributed by atoms with Gasteiger partial charge in [-0.2, -0.15) is 0 Å². The summed E-state index contributed by atoms with van der Waals surface area (Å²) < 4.78 is 0. The molecule has 0 rings (SSSR count). The quantitative estimate of drug-likeness (QED) is 0.361. The van der Waals surface area contributed by atoms with E-state index in [1.807, 2.05) is 0 Å². The van der Waals surface area contributed by atoms with Gasteiger partial charge in [-0.25, -0.2) is 0 Å². The zero-order valence-electron chi connectivity index (χ0n) is 6.89. The first-order valence-corrected chi connectivity index (χ1v) is 3.54. The molecule has 0 fully saturated rings. The summed E-state index contributed by atoms with van der Waals surface area (Å²) in [6.45, 7) is 7.01. The molecule has 0 unspecified atom stereocenters. The molecule has 0 spiro atoms. The van der Waals surface area contributed by atoms with E-state index in [0.717, 1.165) is 0 Å². The topological polar surface area (TPSA) is 40.9 Å². The minimum atomic E-state index is 0.429. The molecule has 1 N–H and O–H groups in total. The van der Waals surface area contributed by atoms with Gasteiger partial charge in [-0.15, -0.1) is 13.2 Å². The van der Waals surface area contributed by atoms with Crippen molar-refractivity contribution < 1.29 is 4.79 Å². The highest BCUT2D eigenvalue weighted by molar-refractivity contribution is 5.88. The molecule has 0 aromatic heterocycles. The van der Waals surface area contributed by atoms with Crippen LogP contribution in [-0.2, 0) is 4.79 Å². The van der Waals surface area contributed by atoms with Crippen molar-refractivity contribution in [3.63, 3.8) is 0 Å². The average molecular weight is 161 g/mol. The first-order chi connectivity index (χ1) is 5.79. The Morgan fingerprint density at radius 3 is 2.08 bits per heavy atom. The smallest absolute Gasteiger partial charge is 0.229 e. The summed E-state index contributed by atoms with van der Waals surface area (Å²) in [5.74, 6) is 0. The van der Waals surface area contributed by atoms with Gasteiger partial charge in [0.25, 0.3) is 0 Å². The number of carbonyl (C=O) groups excluding carboxylic acids is 1. The van der Waals surface area contributed by atoms with Crippen LogP contribution in [0.1, 0.15) is 12.8 Å². The first-order valence-electron chi connectivity index (χ1n) is 3.54. The summed E-state index contributed by atoms with van der Waals surface area (Å²) in [6.07, 6.45) is 8.08. The maximum atomic E-state index is 10.4. The Hall–Kier alpha value is -1.44. The third kappa shape index (κ3) is 3.10. The third-order valence-electron chi connectivity index (χ3n) is 1.34. The second-order valence-corrected chi connectivity index (χ2v) is 2.17. The van der Waals surface area contributed by atoms with E-state index < -0.39 is 0 Å². The van der Waals surface area contributed by atoms with E-state index in [2.05, 4.69) is 19.4 Å². The van der Waals surface area contributed by atoms with Crippen LogP contribution >= 0.6 is 0 Å². The fraction of sp³-hybridized carbons (Fsp3) is 0.200. The van der Waals surface area contributed by atoms with Crippen molar-refractivity contribution >= 4 is 12.5 Å². The van der Waals surface area contributed by atoms with Gasteiger partial charge in [0.05, 0.1) is 6.21 Å². The number of nitrogens with one attached hydrogen (secondary N) is 1. The largest absolute Gasteiger partial charge is 0.298 e. The Morgan fingerprint density at radius 1 is 1.25 bits per heavy atom. The number of hydrogen-bond donors (Lipinski definition) is 1. The van der Waals surface area contributed by atoms with Gasteiger partial charge in [-0.3, -0.25) is 10.2 Å². The third-order valence-corrected chi connectivity index (χ3v) is 1.34. The molecule has 0 amide bonds. The van der Waals surface area contributed by atoms with Crippen molar-refractivity contribution in [3.05, 3.63) is 36.5 Å². The highest BCUT2D eigenvalue weighted by Gasteiger charge is 2.01. The second-order valence-electron chi connectivity index (χ2n) is 2.17. The van der Waals surface area contributed by atoms with Crippen molar-refractivity contribution in [2.75, 3.05) is 0 Å². The zero-order chi connectivity index (χ0) is 9.40. The molecule has 2 radical (unpaired) electrons. The number of allylic oxidation sites excluding steroid dienone is 4. The second kappa shape index (κ2) is 6.28. The monoisotopic (exact) mass is 161 g/mol. The van der Waals surface area contributed by atoms with Crippen LogP contribution in [0.25, 0.3) is 0 Å². The molecule has 0 bridgehead atoms. The van der Waals surface area contributed by atoms with E-state index in [9.17, 15) is 4.79 Å². The molecule has 0 saturated heterocycles. The average Bonchev–Trinajstić information content (AvgIpc) is 2.11. The highest BCUT2D eigenvalue weighted by Crippen LogP contribution is 2.09. The van der Waals surface area contributed by atoms with Crippen LogP contribution in [0, 0.1) is 5.41 Å². The van der Waals surface area contributed by atoms with E-state index in [1.165, 1.54) is 0 Å². The summed E-state index contributed by atoms with van der Waals surface area (Å²) in [7, 11) is 0. The Balaban J connectivity index is 4.70. The van der Waals surface area contributed by atoms with Gasteiger partial charge < -0.3 is 0 Å². The van der Waals surface area contributed by atoms with Gasteiger partial charge in [0.15, 0.2) is 0 Å². The van der Waals surface area contributed by atoms with Gasteiger partial charge in [0, 0.05) is 5.57 Å². The minimum Gasteiger partial charge on any atom is -0.298 e. The van der Waals surface area contributed by atoms with Crippen LogP contribution in [0.15, 0.2) is 36.5 Å². The molecular formula is C10H11NO. The van der Waals surface area contributed by atoms with Crippen molar-refractivity contribution in [2.24, 2.45) is 0 Å². The summed E-state index contributed by atoms with van der Waals surface area (Å²) in [5, 5.41) is 6.91. The van der Waals surface area contributed by atoms with Crippen molar-refractivity contribution in [2.45, 2.75) is 12.8 Å². The molecule has 0 heterocycles. The SMILES string of the molecule is C=CC/C([C]=N)=C(/[C]=O)CC=C. The van der Waals surface area contributed by atoms with E-state index in [0.29, 0.717) is 24.0 Å². The molecule has 0 aromatic carbocycles. The van der Waals surface area contributed by atoms with Gasteiger partial charge in [0.1, 0.15) is 0 Å². The van der Waals surface area contributed by atoms with Crippen molar-refractivity contribution in [3.8, 4) is 0 Å². The Kier molecular flexibility index (Phi) is 5.53. The lowest BCUT2D eigenvalue weighted by atomic mass is 10.0. The van der Waals surface area contributed by atoms with Gasteiger partial charge in [0.2, 0.25) is 6.29 Å². The fourth-order valence-corrected chi connectivity index (χ4v) is 0.765. The molecule has 0 aliphatic rings. The molecular weight excluding hydrogens is 150 g/mol. The Morgan fingerprint density at radius 2 is 1.75 bits per heavy atom. The fourth-order valence-electron chi connectivity index (χ4n) is 0.765. The summed E-state index contributed by atoms with van der Waals surface area (Å²) >= 11 is 0. The highest BCUT2D eigenvalue weighted by atomic mass is 16.1. The zero-order valence-corrected chi connectivity index (χ0v) is 6.89. The van der Waals surface area contributed by atoms with Crippen LogP contribution < -0.4 is 0 Å². The van der Waals surface area contributed by atoms with E-state index in [-0.39, 0.29) is 0 Å². The molecule has 2 heteroatoms. The van der Waals surface area contributed by atoms with Gasteiger partial charge in [-0.1, -0.05) is 12.2 Å². The predicted molar refractivity (Wildman–Crippen MR) is 50.1 cm³/mol. The number of rotatable bonds is 6. The first kappa shape index (κ1) is 10.6. The summed E-state index contributed by atoms with van der Waals surface area (Å²) in [5.41, 5.74) is 0.958. The Bertz CT molecular complexity index is 202. The van der Waals surface area contributed by atoms with Crippen LogP contribution in [0.2, 0.25) is 0 Å². The maximum absolute atomic E-state index is 10.4. The van der Waals surface area contributed by atoms with Gasteiger partial charge >= 0.3 is 0 Å². The lowest BCUT2D eigenvalue weighted by Gasteiger charge is -1.98. The van der Waals surface area contributed by atoms with Crippen LogP contribution in [0.4, 0.5) is 0 Å². The lowest BCUT2D eigenvalue weighted by molar-refractivity contribution is 0.561. The van der Waals surface area contributed by atoms with Crippen LogP contribution in [-0.4, -0.2) is 12.5 Å². The lowest BCUT2D eigenvalue weighted by Crippen LogP contribution is -1.93. The molecule has 0 saturated carbocycles. The maximum Gasteiger partial charge on any atom is 0.229 e. The molecule has 0 aliphatic heterocycles. The normalized spacial score (nSPS) is 11.3. The molecule has 0 atom stereocenters. The minimum absolute atomic E-state index is 0.429. The van der Waals surface area contributed by atoms with Crippen LogP contribution in [0.5, 0.6) is 0 Å². The van der Waals surface area contributed by atoms with E-state index in [1.54, 1.807) is 18.4 Å². The summed E-state index contributed by atoms with van der Waals surface area (Å²) in [4.78, 5) is 10.4. The Labute approximate surface area is 72.8 Å². The van der Waals surface area contributed by atoms with Gasteiger partial charge in [-0.05, 0) is 18.4 Å². The van der Waals surface area contributed by atoms with E-state index in [4.69, 9.17) is 5.41 Å². The van der Waals surface area contributed by atoms with E-state index >= 15 is 0 Å². The van der Waals surface area contributed by atoms with Crippen LogP contribution in [0.3, 0.4) is 0 Å². The molecule has 2 nitrogen and oxygen atoms in total. The summed E-state index contributed by atoms with van der Waals surface area (Å²) in [6, 6.07) is 0.